The maximum absolute atomic E-state index is 13.4. The Morgan fingerprint density at radius 3 is 2.91 bits per heavy atom. The van der Waals surface area contributed by atoms with Crippen molar-refractivity contribution in [3.05, 3.63) is 59.0 Å². The van der Waals surface area contributed by atoms with Crippen molar-refractivity contribution >= 4 is 51.5 Å². The highest BCUT2D eigenvalue weighted by Gasteiger charge is 2.37. The molecule has 168 valence electrons. The first-order chi connectivity index (χ1) is 15.5. The van der Waals surface area contributed by atoms with Gasteiger partial charge in [0.25, 0.3) is 5.91 Å². The lowest BCUT2D eigenvalue weighted by atomic mass is 10.0. The second-order valence-corrected chi connectivity index (χ2v) is 10.0. The number of furan rings is 1. The monoisotopic (exact) mass is 491 g/mol. The van der Waals surface area contributed by atoms with Gasteiger partial charge in [-0.1, -0.05) is 46.8 Å². The fraction of sp³-hybridized carbons (Fsp3) is 0.333. The summed E-state index contributed by atoms with van der Waals surface area (Å²) in [6, 6.07) is 10.8. The van der Waals surface area contributed by atoms with E-state index in [0.717, 1.165) is 11.3 Å². The maximum Gasteiger partial charge on any atom is 0.256 e. The van der Waals surface area contributed by atoms with Gasteiger partial charge in [0.05, 0.1) is 23.8 Å². The zero-order valence-corrected chi connectivity index (χ0v) is 19.9. The van der Waals surface area contributed by atoms with Gasteiger partial charge in [-0.3, -0.25) is 4.79 Å². The smallest absolute Gasteiger partial charge is 0.256 e. The van der Waals surface area contributed by atoms with Gasteiger partial charge >= 0.3 is 0 Å². The van der Waals surface area contributed by atoms with Crippen molar-refractivity contribution in [1.29, 1.82) is 0 Å². The fourth-order valence-corrected chi connectivity index (χ4v) is 5.30. The second-order valence-electron chi connectivity index (χ2n) is 7.02. The molecule has 0 spiro atoms. The molecular weight excluding hydrogens is 470 g/mol. The molecule has 0 bridgehead atoms. The van der Waals surface area contributed by atoms with Crippen LogP contribution in [-0.4, -0.2) is 52.3 Å². The van der Waals surface area contributed by atoms with E-state index in [-0.39, 0.29) is 11.9 Å². The Morgan fingerprint density at radius 2 is 2.19 bits per heavy atom. The van der Waals surface area contributed by atoms with E-state index in [0.29, 0.717) is 39.8 Å². The van der Waals surface area contributed by atoms with E-state index < -0.39 is 5.25 Å². The van der Waals surface area contributed by atoms with Gasteiger partial charge in [-0.2, -0.15) is 5.10 Å². The number of hydrogen-bond donors (Lipinski definition) is 1. The zero-order valence-electron chi connectivity index (χ0n) is 17.5. The maximum atomic E-state index is 13.4. The van der Waals surface area contributed by atoms with Crippen molar-refractivity contribution in [3.63, 3.8) is 0 Å². The number of amides is 1. The number of anilines is 1. The van der Waals surface area contributed by atoms with Gasteiger partial charge < -0.3 is 14.5 Å². The Bertz CT molecular complexity index is 1070. The summed E-state index contributed by atoms with van der Waals surface area (Å²) < 4.78 is 11.3. The Balaban J connectivity index is 1.49. The third kappa shape index (κ3) is 5.32. The van der Waals surface area contributed by atoms with Crippen LogP contribution >= 0.6 is 34.7 Å². The van der Waals surface area contributed by atoms with Crippen LogP contribution < -0.4 is 5.32 Å². The van der Waals surface area contributed by atoms with Crippen molar-refractivity contribution in [2.24, 2.45) is 5.10 Å². The first-order valence-electron chi connectivity index (χ1n) is 9.98. The molecule has 1 aliphatic rings. The molecule has 0 radical (unpaired) electrons. The van der Waals surface area contributed by atoms with Crippen LogP contribution in [-0.2, 0) is 9.53 Å². The van der Waals surface area contributed by atoms with E-state index >= 15 is 0 Å². The summed E-state index contributed by atoms with van der Waals surface area (Å²) in [6.07, 6.45) is 2.17. The lowest BCUT2D eigenvalue weighted by Crippen LogP contribution is -2.33. The SMILES string of the molecule is COCCNc1nnc(S[C@@H](C)C(=O)N2N=C(c3ccc(Cl)cc3)C[C@@H]2c2ccco2)s1. The standard InChI is InChI=1S/C21H22ClN5O3S2/c1-13(31-21-25-24-20(32-21)23-9-11-29-2)19(28)27-17(18-4-3-10-30-18)12-16(26-27)14-5-7-15(22)8-6-14/h3-8,10,13,17H,9,11-12H2,1-2H3,(H,23,24)/t13-,17+/m0/s1. The molecule has 32 heavy (non-hydrogen) atoms. The molecule has 3 heterocycles. The summed E-state index contributed by atoms with van der Waals surface area (Å²) in [7, 11) is 1.64. The van der Waals surface area contributed by atoms with Crippen LogP contribution in [0.5, 0.6) is 0 Å². The summed E-state index contributed by atoms with van der Waals surface area (Å²) in [5.41, 5.74) is 1.74. The molecule has 3 aromatic rings. The average Bonchev–Trinajstić information content (AvgIpc) is 3.55. The third-order valence-electron chi connectivity index (χ3n) is 4.80. The van der Waals surface area contributed by atoms with Crippen molar-refractivity contribution in [2.75, 3.05) is 25.6 Å². The lowest BCUT2D eigenvalue weighted by Gasteiger charge is -2.22. The molecule has 1 aromatic carbocycles. The minimum Gasteiger partial charge on any atom is -0.467 e. The molecule has 0 fully saturated rings. The summed E-state index contributed by atoms with van der Waals surface area (Å²) in [4.78, 5) is 13.4. The molecule has 0 unspecified atom stereocenters. The third-order valence-corrected chi connectivity index (χ3v) is 7.10. The van der Waals surface area contributed by atoms with E-state index in [1.807, 2.05) is 43.3 Å². The Kier molecular flexibility index (Phi) is 7.46. The highest BCUT2D eigenvalue weighted by atomic mass is 35.5. The van der Waals surface area contributed by atoms with Crippen molar-refractivity contribution in [2.45, 2.75) is 29.0 Å². The topological polar surface area (TPSA) is 92.8 Å². The van der Waals surface area contributed by atoms with E-state index in [2.05, 4.69) is 20.6 Å². The molecule has 11 heteroatoms. The van der Waals surface area contributed by atoms with Gasteiger partial charge in [-0.15, -0.1) is 10.2 Å². The molecule has 4 rings (SSSR count). The second kappa shape index (κ2) is 10.5. The molecular formula is C21H22ClN5O3S2. The predicted octanol–water partition coefficient (Wildman–Crippen LogP) is 4.70. The van der Waals surface area contributed by atoms with Gasteiger partial charge in [-0.05, 0) is 36.8 Å². The minimum atomic E-state index is -0.402. The van der Waals surface area contributed by atoms with Crippen molar-refractivity contribution < 1.29 is 13.9 Å². The highest BCUT2D eigenvalue weighted by molar-refractivity contribution is 8.02. The van der Waals surface area contributed by atoms with Crippen LogP contribution in [0.15, 0.2) is 56.5 Å². The highest BCUT2D eigenvalue weighted by Crippen LogP contribution is 2.36. The van der Waals surface area contributed by atoms with Crippen molar-refractivity contribution in [1.82, 2.24) is 15.2 Å². The van der Waals surface area contributed by atoms with Crippen LogP contribution in [0.25, 0.3) is 0 Å². The molecule has 2 atom stereocenters. The number of hydrazone groups is 1. The van der Waals surface area contributed by atoms with Crippen LogP contribution in [0.2, 0.25) is 5.02 Å². The summed E-state index contributed by atoms with van der Waals surface area (Å²) in [6.45, 7) is 3.07. The number of aromatic nitrogens is 2. The molecule has 1 amide bonds. The molecule has 2 aromatic heterocycles. The van der Waals surface area contributed by atoms with Gasteiger partial charge in [0.1, 0.15) is 11.8 Å². The quantitative estimate of drug-likeness (QED) is 0.342. The average molecular weight is 492 g/mol. The predicted molar refractivity (Wildman–Crippen MR) is 126 cm³/mol. The van der Waals surface area contributed by atoms with E-state index in [1.54, 1.807) is 13.4 Å². The van der Waals surface area contributed by atoms with E-state index in [4.69, 9.17) is 20.8 Å². The van der Waals surface area contributed by atoms with E-state index in [9.17, 15) is 4.79 Å². The molecule has 1 N–H and O–H groups in total. The number of nitrogens with zero attached hydrogens (tertiary/aromatic N) is 4. The summed E-state index contributed by atoms with van der Waals surface area (Å²) in [5.74, 6) is 0.577. The normalized spacial score (nSPS) is 16.8. The summed E-state index contributed by atoms with van der Waals surface area (Å²) >= 11 is 8.79. The number of thioether (sulfide) groups is 1. The molecule has 0 saturated heterocycles. The largest absolute Gasteiger partial charge is 0.467 e. The van der Waals surface area contributed by atoms with Crippen LogP contribution in [0, 0.1) is 0 Å². The first kappa shape index (κ1) is 22.8. The fourth-order valence-electron chi connectivity index (χ4n) is 3.21. The number of nitrogens with one attached hydrogen (secondary N) is 1. The first-order valence-corrected chi connectivity index (χ1v) is 12.1. The number of methoxy groups -OCH3 is 1. The van der Waals surface area contributed by atoms with Gasteiger partial charge in [0.15, 0.2) is 4.34 Å². The minimum absolute atomic E-state index is 0.121. The number of carbonyl (C=O) groups is 1. The number of carbonyl (C=O) groups excluding carboxylic acids is 1. The Morgan fingerprint density at radius 1 is 1.38 bits per heavy atom. The molecule has 0 aliphatic carbocycles. The van der Waals surface area contributed by atoms with Crippen molar-refractivity contribution in [3.8, 4) is 0 Å². The molecule has 1 aliphatic heterocycles. The zero-order chi connectivity index (χ0) is 22.5. The van der Waals surface area contributed by atoms with Gasteiger partial charge in [0, 0.05) is 25.1 Å². The van der Waals surface area contributed by atoms with Crippen LogP contribution in [0.3, 0.4) is 0 Å². The number of benzene rings is 1. The molecule has 8 nitrogen and oxygen atoms in total. The lowest BCUT2D eigenvalue weighted by molar-refractivity contribution is -0.132. The Labute approximate surface area is 199 Å². The molecule has 0 saturated carbocycles. The summed E-state index contributed by atoms with van der Waals surface area (Å²) in [5, 5.41) is 18.6. The number of halogens is 1. The Hall–Kier alpha value is -2.40. The van der Waals surface area contributed by atoms with Gasteiger partial charge in [0.2, 0.25) is 5.13 Å². The van der Waals surface area contributed by atoms with Crippen LogP contribution in [0.4, 0.5) is 5.13 Å². The number of rotatable bonds is 9. The van der Waals surface area contributed by atoms with Crippen LogP contribution in [0.1, 0.15) is 30.7 Å². The van der Waals surface area contributed by atoms with Gasteiger partial charge in [-0.25, -0.2) is 5.01 Å². The number of hydrogen-bond acceptors (Lipinski definition) is 9. The number of ether oxygens (including phenoxy) is 1. The van der Waals surface area contributed by atoms with E-state index in [1.165, 1.54) is 28.1 Å².